The van der Waals surface area contributed by atoms with E-state index in [1.807, 2.05) is 13.8 Å². The van der Waals surface area contributed by atoms with Crippen molar-refractivity contribution in [2.45, 2.75) is 25.8 Å². The van der Waals surface area contributed by atoms with Crippen molar-refractivity contribution in [2.24, 2.45) is 5.73 Å². The minimum absolute atomic E-state index is 0.0282. The molecule has 80 valence electrons. The van der Waals surface area contributed by atoms with Gasteiger partial charge in [0, 0.05) is 18.0 Å². The second kappa shape index (κ2) is 3.62. The summed E-state index contributed by atoms with van der Waals surface area (Å²) < 4.78 is 18.4. The fourth-order valence-electron chi connectivity index (χ4n) is 1.34. The molecule has 0 saturated carbocycles. The summed E-state index contributed by atoms with van der Waals surface area (Å²) in [4.78, 5) is 4.21. The van der Waals surface area contributed by atoms with E-state index in [1.54, 1.807) is 6.07 Å². The second-order valence-corrected chi connectivity index (χ2v) is 3.81. The fraction of sp³-hybridized carbons (Fsp3) is 0.364. The maximum atomic E-state index is 12.9. The summed E-state index contributed by atoms with van der Waals surface area (Å²) in [6.45, 7) is 3.83. The quantitative estimate of drug-likeness (QED) is 0.824. The van der Waals surface area contributed by atoms with Crippen LogP contribution in [0.15, 0.2) is 22.6 Å². The van der Waals surface area contributed by atoms with Crippen LogP contribution in [0.3, 0.4) is 0 Å². The predicted octanol–water partition coefficient (Wildman–Crippen LogP) is 2.42. The number of aromatic nitrogens is 1. The SMILES string of the molecule is CC(N)C(C)c1nc2cc(F)ccc2o1. The molecule has 1 heterocycles. The van der Waals surface area contributed by atoms with Gasteiger partial charge in [0.2, 0.25) is 0 Å². The van der Waals surface area contributed by atoms with Gasteiger partial charge in [-0.3, -0.25) is 0 Å². The molecule has 0 amide bonds. The van der Waals surface area contributed by atoms with Crippen LogP contribution in [0.4, 0.5) is 4.39 Å². The molecule has 0 bridgehead atoms. The highest BCUT2D eigenvalue weighted by molar-refractivity contribution is 5.72. The standard InChI is InChI=1S/C11H13FN2O/c1-6(7(2)13)11-14-9-5-8(12)3-4-10(9)15-11/h3-7H,13H2,1-2H3. The summed E-state index contributed by atoms with van der Waals surface area (Å²) >= 11 is 0. The van der Waals surface area contributed by atoms with Crippen LogP contribution in [0.25, 0.3) is 11.1 Å². The van der Waals surface area contributed by atoms with Crippen LogP contribution < -0.4 is 5.73 Å². The maximum absolute atomic E-state index is 12.9. The molecule has 1 aromatic carbocycles. The van der Waals surface area contributed by atoms with Crippen molar-refractivity contribution in [3.63, 3.8) is 0 Å². The Bertz CT molecular complexity index is 478. The number of hydrogen-bond donors (Lipinski definition) is 1. The highest BCUT2D eigenvalue weighted by atomic mass is 19.1. The molecule has 15 heavy (non-hydrogen) atoms. The molecule has 0 aliphatic rings. The first kappa shape index (κ1) is 10.1. The molecule has 2 atom stereocenters. The zero-order chi connectivity index (χ0) is 11.0. The van der Waals surface area contributed by atoms with E-state index < -0.39 is 0 Å². The molecular formula is C11H13FN2O. The number of hydrogen-bond acceptors (Lipinski definition) is 3. The fourth-order valence-corrected chi connectivity index (χ4v) is 1.34. The minimum atomic E-state index is -0.309. The molecule has 0 aliphatic carbocycles. The van der Waals surface area contributed by atoms with Gasteiger partial charge in [-0.05, 0) is 19.1 Å². The van der Waals surface area contributed by atoms with Crippen LogP contribution in [0.1, 0.15) is 25.7 Å². The summed E-state index contributed by atoms with van der Waals surface area (Å²) in [5, 5.41) is 0. The molecule has 0 fully saturated rings. The number of fused-ring (bicyclic) bond motifs is 1. The van der Waals surface area contributed by atoms with E-state index in [-0.39, 0.29) is 17.8 Å². The van der Waals surface area contributed by atoms with Gasteiger partial charge in [-0.15, -0.1) is 0 Å². The van der Waals surface area contributed by atoms with E-state index in [2.05, 4.69) is 4.98 Å². The Balaban J connectivity index is 2.47. The first-order valence-corrected chi connectivity index (χ1v) is 4.89. The van der Waals surface area contributed by atoms with Crippen LogP contribution in [0, 0.1) is 5.82 Å². The van der Waals surface area contributed by atoms with Crippen LogP contribution in [-0.4, -0.2) is 11.0 Å². The average Bonchev–Trinajstić information content (AvgIpc) is 2.58. The van der Waals surface area contributed by atoms with E-state index >= 15 is 0 Å². The largest absolute Gasteiger partial charge is 0.440 e. The van der Waals surface area contributed by atoms with Gasteiger partial charge in [-0.2, -0.15) is 0 Å². The van der Waals surface area contributed by atoms with E-state index in [9.17, 15) is 4.39 Å². The van der Waals surface area contributed by atoms with Crippen molar-refractivity contribution in [3.8, 4) is 0 Å². The summed E-state index contributed by atoms with van der Waals surface area (Å²) in [5.41, 5.74) is 6.88. The molecule has 1 aromatic heterocycles. The van der Waals surface area contributed by atoms with Crippen molar-refractivity contribution in [3.05, 3.63) is 29.9 Å². The van der Waals surface area contributed by atoms with Crippen LogP contribution in [-0.2, 0) is 0 Å². The first-order valence-electron chi connectivity index (χ1n) is 4.89. The van der Waals surface area contributed by atoms with Crippen molar-refractivity contribution >= 4 is 11.1 Å². The molecule has 0 spiro atoms. The number of nitrogens with two attached hydrogens (primary N) is 1. The number of rotatable bonds is 2. The molecule has 3 nitrogen and oxygen atoms in total. The lowest BCUT2D eigenvalue weighted by atomic mass is 10.1. The van der Waals surface area contributed by atoms with Crippen molar-refractivity contribution in [1.29, 1.82) is 0 Å². The summed E-state index contributed by atoms with van der Waals surface area (Å²) in [6, 6.07) is 4.25. The lowest BCUT2D eigenvalue weighted by Gasteiger charge is -2.10. The Labute approximate surface area is 87.1 Å². The molecular weight excluding hydrogens is 195 g/mol. The molecule has 2 N–H and O–H groups in total. The lowest BCUT2D eigenvalue weighted by molar-refractivity contribution is 0.451. The van der Waals surface area contributed by atoms with E-state index in [1.165, 1.54) is 12.1 Å². The lowest BCUT2D eigenvalue weighted by Crippen LogP contribution is -2.22. The van der Waals surface area contributed by atoms with Crippen molar-refractivity contribution in [2.75, 3.05) is 0 Å². The molecule has 0 radical (unpaired) electrons. The normalized spacial score (nSPS) is 15.5. The van der Waals surface area contributed by atoms with Gasteiger partial charge in [0.05, 0.1) is 0 Å². The number of oxazole rings is 1. The number of nitrogens with zero attached hydrogens (tertiary/aromatic N) is 1. The van der Waals surface area contributed by atoms with E-state index in [0.717, 1.165) is 0 Å². The van der Waals surface area contributed by atoms with Gasteiger partial charge < -0.3 is 10.2 Å². The van der Waals surface area contributed by atoms with Gasteiger partial charge in [0.1, 0.15) is 11.3 Å². The highest BCUT2D eigenvalue weighted by Crippen LogP contribution is 2.23. The monoisotopic (exact) mass is 208 g/mol. The number of benzene rings is 1. The van der Waals surface area contributed by atoms with Gasteiger partial charge >= 0.3 is 0 Å². The second-order valence-electron chi connectivity index (χ2n) is 3.81. The Morgan fingerprint density at radius 2 is 2.13 bits per heavy atom. The smallest absolute Gasteiger partial charge is 0.199 e. The Hall–Kier alpha value is -1.42. The van der Waals surface area contributed by atoms with Crippen molar-refractivity contribution in [1.82, 2.24) is 4.98 Å². The Morgan fingerprint density at radius 3 is 2.80 bits per heavy atom. The predicted molar refractivity (Wildman–Crippen MR) is 56.0 cm³/mol. The van der Waals surface area contributed by atoms with Crippen LogP contribution in [0.5, 0.6) is 0 Å². The third-order valence-corrected chi connectivity index (χ3v) is 2.54. The average molecular weight is 208 g/mol. The zero-order valence-electron chi connectivity index (χ0n) is 8.70. The van der Waals surface area contributed by atoms with E-state index in [0.29, 0.717) is 17.0 Å². The van der Waals surface area contributed by atoms with Crippen molar-refractivity contribution < 1.29 is 8.81 Å². The molecule has 0 aliphatic heterocycles. The minimum Gasteiger partial charge on any atom is -0.440 e. The third-order valence-electron chi connectivity index (χ3n) is 2.54. The van der Waals surface area contributed by atoms with Gasteiger partial charge in [-0.25, -0.2) is 9.37 Å². The molecule has 4 heteroatoms. The molecule has 2 aromatic rings. The Morgan fingerprint density at radius 1 is 1.40 bits per heavy atom. The van der Waals surface area contributed by atoms with Crippen LogP contribution in [0.2, 0.25) is 0 Å². The summed E-state index contributed by atoms with van der Waals surface area (Å²) in [7, 11) is 0. The van der Waals surface area contributed by atoms with Gasteiger partial charge in [-0.1, -0.05) is 6.92 Å². The van der Waals surface area contributed by atoms with Gasteiger partial charge in [0.15, 0.2) is 11.5 Å². The van der Waals surface area contributed by atoms with Gasteiger partial charge in [0.25, 0.3) is 0 Å². The molecule has 0 saturated heterocycles. The van der Waals surface area contributed by atoms with Crippen LogP contribution >= 0.6 is 0 Å². The highest BCUT2D eigenvalue weighted by Gasteiger charge is 2.17. The first-order chi connectivity index (χ1) is 7.08. The maximum Gasteiger partial charge on any atom is 0.199 e. The third kappa shape index (κ3) is 1.85. The topological polar surface area (TPSA) is 52.0 Å². The zero-order valence-corrected chi connectivity index (χ0v) is 8.70. The summed E-state index contributed by atoms with van der Waals surface area (Å²) in [6.07, 6.45) is 0. The molecule has 2 unspecified atom stereocenters. The number of halogens is 1. The Kier molecular flexibility index (Phi) is 2.44. The summed E-state index contributed by atoms with van der Waals surface area (Å²) in [5.74, 6) is 0.280. The van der Waals surface area contributed by atoms with E-state index in [4.69, 9.17) is 10.2 Å². The molecule has 2 rings (SSSR count).